The van der Waals surface area contributed by atoms with Crippen molar-refractivity contribution in [1.29, 1.82) is 0 Å². The second kappa shape index (κ2) is 13.0. The van der Waals surface area contributed by atoms with Crippen LogP contribution < -0.4 is 10.2 Å². The summed E-state index contributed by atoms with van der Waals surface area (Å²) in [5, 5.41) is 18.4. The molecular weight excluding hydrogens is 334 g/mol. The van der Waals surface area contributed by atoms with E-state index in [2.05, 4.69) is 55.6 Å². The Labute approximate surface area is 151 Å². The summed E-state index contributed by atoms with van der Waals surface area (Å²) in [7, 11) is 4.58. The fourth-order valence-electron chi connectivity index (χ4n) is 1.42. The van der Waals surface area contributed by atoms with Crippen molar-refractivity contribution in [2.45, 2.75) is 47.5 Å². The van der Waals surface area contributed by atoms with Gasteiger partial charge in [-0.05, 0) is 41.5 Å². The van der Waals surface area contributed by atoms with E-state index in [0.717, 1.165) is 0 Å². The molecule has 0 saturated heterocycles. The van der Waals surface area contributed by atoms with Gasteiger partial charge in [-0.3, -0.25) is 0 Å². The molecule has 0 fully saturated rings. The smallest absolute Gasteiger partial charge is 0.326 e. The van der Waals surface area contributed by atoms with Crippen LogP contribution in [-0.2, 0) is 9.59 Å². The second-order valence-electron chi connectivity index (χ2n) is 6.29. The molecule has 0 aromatic rings. The first kappa shape index (κ1) is 28.5. The van der Waals surface area contributed by atoms with Crippen LogP contribution in [0.15, 0.2) is 0 Å². The Morgan fingerprint density at radius 1 is 0.680 bits per heavy atom. The van der Waals surface area contributed by atoms with Gasteiger partial charge in [-0.25, -0.2) is 0 Å². The van der Waals surface area contributed by atoms with E-state index >= 15 is 0 Å². The van der Waals surface area contributed by atoms with Crippen molar-refractivity contribution in [2.75, 3.05) is 53.4 Å². The summed E-state index contributed by atoms with van der Waals surface area (Å²) in [6.45, 7) is 21.0. The van der Waals surface area contributed by atoms with Crippen LogP contribution in [-0.4, -0.2) is 80.2 Å². The monoisotopic (exact) mass is 370 g/mol. The second-order valence-corrected chi connectivity index (χ2v) is 6.29. The van der Waals surface area contributed by atoms with Gasteiger partial charge in [0.2, 0.25) is 0 Å². The molecule has 0 N–H and O–H groups in total. The van der Waals surface area contributed by atoms with Crippen molar-refractivity contribution in [1.82, 2.24) is 0 Å². The molecule has 0 aliphatic heterocycles. The minimum atomic E-state index is -4.89. The number of nitrogens with zero attached hydrogens (tertiary/aromatic N) is 2. The molecule has 152 valence electrons. The molecule has 0 spiro atoms. The van der Waals surface area contributed by atoms with Crippen molar-refractivity contribution in [2.24, 2.45) is 0 Å². The van der Waals surface area contributed by atoms with Gasteiger partial charge in [0, 0.05) is 0 Å². The molecule has 0 aromatic heterocycles. The van der Waals surface area contributed by atoms with E-state index in [4.69, 9.17) is 0 Å². The number of carboxylic acids is 2. The molecule has 0 aromatic carbocycles. The molecule has 0 amide bonds. The molecule has 0 saturated carbocycles. The molecule has 0 unspecified atom stereocenters. The van der Waals surface area contributed by atoms with E-state index in [1.54, 1.807) is 0 Å². The summed E-state index contributed by atoms with van der Waals surface area (Å²) in [6, 6.07) is 0. The maximum Gasteiger partial charge on any atom is 0.326 e. The maximum atomic E-state index is 11.3. The molecule has 8 heteroatoms. The molecule has 0 heterocycles. The third kappa shape index (κ3) is 11.8. The highest BCUT2D eigenvalue weighted by molar-refractivity contribution is 5.97. The van der Waals surface area contributed by atoms with Gasteiger partial charge in [0.25, 0.3) is 0 Å². The first-order valence-corrected chi connectivity index (χ1v) is 8.73. The number of alkyl halides is 2. The van der Waals surface area contributed by atoms with Crippen LogP contribution in [0.2, 0.25) is 0 Å². The van der Waals surface area contributed by atoms with E-state index < -0.39 is 17.9 Å². The summed E-state index contributed by atoms with van der Waals surface area (Å²) in [5.41, 5.74) is 0. The van der Waals surface area contributed by atoms with Crippen LogP contribution in [0.4, 0.5) is 8.78 Å². The number of rotatable bonds is 8. The minimum Gasteiger partial charge on any atom is -0.544 e. The molecule has 25 heavy (non-hydrogen) atoms. The van der Waals surface area contributed by atoms with Crippen LogP contribution >= 0.6 is 0 Å². The maximum absolute atomic E-state index is 11.3. The molecule has 6 nitrogen and oxygen atoms in total. The highest BCUT2D eigenvalue weighted by Gasteiger charge is 2.32. The number of aliphatic carboxylic acids is 2. The fraction of sp³-hybridized carbons (Fsp3) is 0.882. The standard InChI is InChI=1S/2C7H18N.C3H2F2O4/c2*1-5-8(4,6-2)7-3;4-3(5,1(6)7)2(8)9/h2*5-7H2,1-4H3;(H,6,7)(H,8,9)/q2*+1;/p-2. The van der Waals surface area contributed by atoms with Gasteiger partial charge >= 0.3 is 5.92 Å². The van der Waals surface area contributed by atoms with Crippen LogP contribution in [0, 0.1) is 0 Å². The van der Waals surface area contributed by atoms with E-state index in [1.807, 2.05) is 0 Å². The fourth-order valence-corrected chi connectivity index (χ4v) is 1.42. The Morgan fingerprint density at radius 3 is 0.840 bits per heavy atom. The SMILES string of the molecule is CC[N+](C)(CC)CC.CC[N+](C)(CC)CC.O=C([O-])C(F)(F)C(=O)[O-]. The quantitative estimate of drug-likeness (QED) is 0.449. The lowest BCUT2D eigenvalue weighted by molar-refractivity contribution is -0.904. The zero-order chi connectivity index (χ0) is 20.9. The summed E-state index contributed by atoms with van der Waals surface area (Å²) in [4.78, 5) is 18.4. The Bertz CT molecular complexity index is 332. The van der Waals surface area contributed by atoms with Crippen LogP contribution in [0.25, 0.3) is 0 Å². The highest BCUT2D eigenvalue weighted by Crippen LogP contribution is 2.09. The van der Waals surface area contributed by atoms with Crippen molar-refractivity contribution in [3.8, 4) is 0 Å². The molecule has 0 rings (SSSR count). The van der Waals surface area contributed by atoms with Crippen LogP contribution in [0.3, 0.4) is 0 Å². The number of carbonyl (C=O) groups is 2. The largest absolute Gasteiger partial charge is 0.544 e. The lowest BCUT2D eigenvalue weighted by atomic mass is 10.3. The van der Waals surface area contributed by atoms with Crippen LogP contribution in [0.5, 0.6) is 0 Å². The normalized spacial score (nSPS) is 11.6. The van der Waals surface area contributed by atoms with Crippen molar-refractivity contribution in [3.63, 3.8) is 0 Å². The molecule has 0 radical (unpaired) electrons. The topological polar surface area (TPSA) is 80.3 Å². The Hall–Kier alpha value is -1.28. The third-order valence-corrected chi connectivity index (χ3v) is 5.09. The van der Waals surface area contributed by atoms with Gasteiger partial charge in [0.05, 0.1) is 53.4 Å². The molecular formula is C17H36F2N2O4. The van der Waals surface area contributed by atoms with Gasteiger partial charge < -0.3 is 28.8 Å². The minimum absolute atomic E-state index is 1.21. The van der Waals surface area contributed by atoms with Gasteiger partial charge in [-0.1, -0.05) is 0 Å². The number of carboxylic acid groups (broad SMARTS) is 2. The molecule has 0 atom stereocenters. The number of halogens is 2. The van der Waals surface area contributed by atoms with Gasteiger partial charge in [-0.2, -0.15) is 8.78 Å². The average Bonchev–Trinajstić information content (AvgIpc) is 2.61. The molecule has 0 aliphatic carbocycles. The Kier molecular flexibility index (Phi) is 14.8. The van der Waals surface area contributed by atoms with Crippen molar-refractivity contribution >= 4 is 11.9 Å². The summed E-state index contributed by atoms with van der Waals surface area (Å²) >= 11 is 0. The number of carbonyl (C=O) groups excluding carboxylic acids is 2. The van der Waals surface area contributed by atoms with Crippen LogP contribution in [0.1, 0.15) is 41.5 Å². The predicted molar refractivity (Wildman–Crippen MR) is 90.6 cm³/mol. The lowest BCUT2D eigenvalue weighted by Crippen LogP contribution is -2.53. The van der Waals surface area contributed by atoms with E-state index in [1.165, 1.54) is 48.2 Å². The van der Waals surface area contributed by atoms with Crippen molar-refractivity contribution < 1.29 is 37.5 Å². The average molecular weight is 370 g/mol. The van der Waals surface area contributed by atoms with E-state index in [0.29, 0.717) is 0 Å². The summed E-state index contributed by atoms with van der Waals surface area (Å²) in [5.74, 6) is -10.8. The van der Waals surface area contributed by atoms with Gasteiger partial charge in [0.15, 0.2) is 0 Å². The summed E-state index contributed by atoms with van der Waals surface area (Å²) in [6.07, 6.45) is 0. The van der Waals surface area contributed by atoms with Gasteiger partial charge in [0.1, 0.15) is 11.9 Å². The number of quaternary nitrogens is 2. The first-order valence-electron chi connectivity index (χ1n) is 8.73. The predicted octanol–water partition coefficient (Wildman–Crippen LogP) is 0.107. The highest BCUT2D eigenvalue weighted by atomic mass is 19.3. The lowest BCUT2D eigenvalue weighted by Gasteiger charge is -2.30. The summed E-state index contributed by atoms with van der Waals surface area (Å²) < 4.78 is 25.1. The molecule has 0 aliphatic rings. The zero-order valence-corrected chi connectivity index (χ0v) is 17.0. The number of hydrogen-bond acceptors (Lipinski definition) is 4. The third-order valence-electron chi connectivity index (χ3n) is 5.09. The van der Waals surface area contributed by atoms with Crippen molar-refractivity contribution in [3.05, 3.63) is 0 Å². The Balaban J connectivity index is -0.000000291. The molecule has 0 bridgehead atoms. The number of hydrogen-bond donors (Lipinski definition) is 0. The van der Waals surface area contributed by atoms with Gasteiger partial charge in [-0.15, -0.1) is 0 Å². The zero-order valence-electron chi connectivity index (χ0n) is 17.0. The van der Waals surface area contributed by atoms with E-state index in [-0.39, 0.29) is 0 Å². The van der Waals surface area contributed by atoms with E-state index in [9.17, 15) is 28.6 Å². The first-order chi connectivity index (χ1) is 11.3. The Morgan fingerprint density at radius 2 is 0.840 bits per heavy atom.